The van der Waals surface area contributed by atoms with Crippen molar-refractivity contribution < 1.29 is 9.47 Å². The first-order chi connectivity index (χ1) is 9.94. The van der Waals surface area contributed by atoms with Gasteiger partial charge in [-0.25, -0.2) is 0 Å². The van der Waals surface area contributed by atoms with Gasteiger partial charge in [0.1, 0.15) is 5.75 Å². The normalized spacial score (nSPS) is 11.0. The summed E-state index contributed by atoms with van der Waals surface area (Å²) in [6.45, 7) is 7.76. The minimum Gasteiger partial charge on any atom is -0.491 e. The van der Waals surface area contributed by atoms with Crippen LogP contribution >= 0.6 is 11.6 Å². The Morgan fingerprint density at radius 2 is 1.48 bits per heavy atom. The highest BCUT2D eigenvalue weighted by atomic mass is 35.5. The van der Waals surface area contributed by atoms with Crippen LogP contribution in [0.1, 0.15) is 27.7 Å². The molecule has 0 aliphatic rings. The highest BCUT2D eigenvalue weighted by molar-refractivity contribution is 6.28. The topological polar surface area (TPSA) is 57.1 Å². The SMILES string of the molecule is CC(C)Oc1ccc(-c2nc(Cl)nc(OC(C)C)n2)cc1. The number of hydrogen-bond acceptors (Lipinski definition) is 5. The Labute approximate surface area is 129 Å². The average Bonchev–Trinajstić information content (AvgIpc) is 2.37. The van der Waals surface area contributed by atoms with E-state index >= 15 is 0 Å². The van der Waals surface area contributed by atoms with Crippen molar-refractivity contribution in [2.24, 2.45) is 0 Å². The summed E-state index contributed by atoms with van der Waals surface area (Å²) >= 11 is 5.92. The summed E-state index contributed by atoms with van der Waals surface area (Å²) in [5.41, 5.74) is 0.823. The Hall–Kier alpha value is -1.88. The largest absolute Gasteiger partial charge is 0.491 e. The number of rotatable bonds is 5. The molecule has 0 N–H and O–H groups in total. The molecule has 0 spiro atoms. The summed E-state index contributed by atoms with van der Waals surface area (Å²) in [6, 6.07) is 7.72. The highest BCUT2D eigenvalue weighted by Gasteiger charge is 2.10. The van der Waals surface area contributed by atoms with E-state index in [2.05, 4.69) is 15.0 Å². The summed E-state index contributed by atoms with van der Waals surface area (Å²) in [6.07, 6.45) is 0.103. The van der Waals surface area contributed by atoms with Gasteiger partial charge in [0.2, 0.25) is 5.28 Å². The lowest BCUT2D eigenvalue weighted by Crippen LogP contribution is -2.09. The van der Waals surface area contributed by atoms with Gasteiger partial charge in [-0.05, 0) is 63.6 Å². The van der Waals surface area contributed by atoms with E-state index in [-0.39, 0.29) is 23.5 Å². The standard InChI is InChI=1S/C15H18ClN3O2/c1-9(2)20-12-7-5-11(6-8-12)13-17-14(16)19-15(18-13)21-10(3)4/h5-10H,1-4H3. The third kappa shape index (κ3) is 4.56. The molecular formula is C15H18ClN3O2. The zero-order valence-electron chi connectivity index (χ0n) is 12.5. The molecular weight excluding hydrogens is 290 g/mol. The number of aromatic nitrogens is 3. The monoisotopic (exact) mass is 307 g/mol. The second kappa shape index (κ2) is 6.72. The number of nitrogens with zero attached hydrogens (tertiary/aromatic N) is 3. The van der Waals surface area contributed by atoms with Crippen molar-refractivity contribution in [3.05, 3.63) is 29.5 Å². The van der Waals surface area contributed by atoms with Crippen LogP contribution < -0.4 is 9.47 Å². The lowest BCUT2D eigenvalue weighted by molar-refractivity contribution is 0.222. The minimum atomic E-state index is -0.0295. The maximum Gasteiger partial charge on any atom is 0.321 e. The molecule has 6 heteroatoms. The van der Waals surface area contributed by atoms with Gasteiger partial charge in [0.05, 0.1) is 12.2 Å². The van der Waals surface area contributed by atoms with Gasteiger partial charge in [0.15, 0.2) is 5.82 Å². The summed E-state index contributed by atoms with van der Waals surface area (Å²) < 4.78 is 11.1. The minimum absolute atomic E-state index is 0.0295. The van der Waals surface area contributed by atoms with Crippen LogP contribution in [0, 0.1) is 0 Å². The maximum atomic E-state index is 5.92. The first-order valence-corrected chi connectivity index (χ1v) is 7.17. The molecule has 1 heterocycles. The summed E-state index contributed by atoms with van der Waals surface area (Å²) in [7, 11) is 0. The van der Waals surface area contributed by atoms with E-state index in [0.717, 1.165) is 11.3 Å². The van der Waals surface area contributed by atoms with Gasteiger partial charge in [-0.15, -0.1) is 0 Å². The Kier molecular flexibility index (Phi) is 4.96. The second-order valence-electron chi connectivity index (χ2n) is 5.07. The van der Waals surface area contributed by atoms with E-state index in [1.807, 2.05) is 52.0 Å². The van der Waals surface area contributed by atoms with Crippen LogP contribution in [-0.2, 0) is 0 Å². The van der Waals surface area contributed by atoms with Gasteiger partial charge < -0.3 is 9.47 Å². The van der Waals surface area contributed by atoms with E-state index in [9.17, 15) is 0 Å². The molecule has 0 fully saturated rings. The molecule has 0 bridgehead atoms. The Bertz CT molecular complexity index is 600. The number of ether oxygens (including phenoxy) is 2. The van der Waals surface area contributed by atoms with Crippen LogP contribution in [-0.4, -0.2) is 27.2 Å². The first-order valence-electron chi connectivity index (χ1n) is 6.79. The zero-order valence-corrected chi connectivity index (χ0v) is 13.3. The Balaban J connectivity index is 2.26. The highest BCUT2D eigenvalue weighted by Crippen LogP contribution is 2.22. The number of halogens is 1. The average molecular weight is 308 g/mol. The number of benzene rings is 1. The van der Waals surface area contributed by atoms with Gasteiger partial charge >= 0.3 is 6.01 Å². The Morgan fingerprint density at radius 3 is 2.05 bits per heavy atom. The molecule has 0 aliphatic heterocycles. The van der Waals surface area contributed by atoms with Crippen molar-refractivity contribution in [2.45, 2.75) is 39.9 Å². The van der Waals surface area contributed by atoms with Crippen molar-refractivity contribution in [1.29, 1.82) is 0 Å². The fourth-order valence-corrected chi connectivity index (χ4v) is 1.83. The molecule has 1 aromatic carbocycles. The predicted molar refractivity (Wildman–Crippen MR) is 81.8 cm³/mol. The van der Waals surface area contributed by atoms with Crippen molar-refractivity contribution in [1.82, 2.24) is 15.0 Å². The Morgan fingerprint density at radius 1 is 0.857 bits per heavy atom. The van der Waals surface area contributed by atoms with Gasteiger partial charge in [0, 0.05) is 5.56 Å². The molecule has 0 saturated heterocycles. The third-order valence-corrected chi connectivity index (χ3v) is 2.58. The summed E-state index contributed by atoms with van der Waals surface area (Å²) in [5.74, 6) is 1.27. The van der Waals surface area contributed by atoms with E-state index in [4.69, 9.17) is 21.1 Å². The molecule has 1 aromatic heterocycles. The van der Waals surface area contributed by atoms with Crippen molar-refractivity contribution in [3.63, 3.8) is 0 Å². The molecule has 0 atom stereocenters. The van der Waals surface area contributed by atoms with E-state index in [1.165, 1.54) is 0 Å². The summed E-state index contributed by atoms with van der Waals surface area (Å²) in [4.78, 5) is 12.3. The van der Waals surface area contributed by atoms with Crippen LogP contribution in [0.25, 0.3) is 11.4 Å². The van der Waals surface area contributed by atoms with E-state index in [0.29, 0.717) is 5.82 Å². The lowest BCUT2D eigenvalue weighted by Gasteiger charge is -2.11. The van der Waals surface area contributed by atoms with Crippen molar-refractivity contribution in [3.8, 4) is 23.1 Å². The van der Waals surface area contributed by atoms with Crippen LogP contribution in [0.5, 0.6) is 11.8 Å². The number of hydrogen-bond donors (Lipinski definition) is 0. The molecule has 0 unspecified atom stereocenters. The molecule has 0 amide bonds. The van der Waals surface area contributed by atoms with Crippen molar-refractivity contribution >= 4 is 11.6 Å². The van der Waals surface area contributed by atoms with Crippen LogP contribution in [0.4, 0.5) is 0 Å². The molecule has 5 nitrogen and oxygen atoms in total. The molecule has 2 rings (SSSR count). The molecule has 2 aromatic rings. The lowest BCUT2D eigenvalue weighted by atomic mass is 10.2. The molecule has 0 aliphatic carbocycles. The van der Waals surface area contributed by atoms with Crippen molar-refractivity contribution in [2.75, 3.05) is 0 Å². The van der Waals surface area contributed by atoms with E-state index in [1.54, 1.807) is 0 Å². The quantitative estimate of drug-likeness (QED) is 0.841. The van der Waals surface area contributed by atoms with Crippen LogP contribution in [0.15, 0.2) is 24.3 Å². The van der Waals surface area contributed by atoms with E-state index < -0.39 is 0 Å². The van der Waals surface area contributed by atoms with Crippen LogP contribution in [0.3, 0.4) is 0 Å². The fourth-order valence-electron chi connectivity index (χ4n) is 1.68. The fraction of sp³-hybridized carbons (Fsp3) is 0.400. The van der Waals surface area contributed by atoms with Gasteiger partial charge in [-0.3, -0.25) is 0 Å². The summed E-state index contributed by atoms with van der Waals surface area (Å²) in [5, 5.41) is 0.109. The van der Waals surface area contributed by atoms with Gasteiger partial charge in [-0.2, -0.15) is 15.0 Å². The first kappa shape index (κ1) is 15.5. The van der Waals surface area contributed by atoms with Crippen LogP contribution in [0.2, 0.25) is 5.28 Å². The predicted octanol–water partition coefficient (Wildman–Crippen LogP) is 3.77. The zero-order chi connectivity index (χ0) is 15.4. The molecule has 21 heavy (non-hydrogen) atoms. The third-order valence-electron chi connectivity index (χ3n) is 2.41. The molecule has 112 valence electrons. The smallest absolute Gasteiger partial charge is 0.321 e. The molecule has 0 radical (unpaired) electrons. The van der Waals surface area contributed by atoms with Gasteiger partial charge in [-0.1, -0.05) is 0 Å². The molecule has 0 saturated carbocycles. The van der Waals surface area contributed by atoms with Gasteiger partial charge in [0.25, 0.3) is 0 Å². The second-order valence-corrected chi connectivity index (χ2v) is 5.41. The maximum absolute atomic E-state index is 5.92.